The highest BCUT2D eigenvalue weighted by Gasteiger charge is 2.42. The van der Waals surface area contributed by atoms with Crippen molar-refractivity contribution < 1.29 is 0 Å². The zero-order valence-electron chi connectivity index (χ0n) is 19.9. The largest absolute Gasteiger partial charge is 0.340 e. The predicted octanol–water partition coefficient (Wildman–Crippen LogP) is 8.26. The summed E-state index contributed by atoms with van der Waals surface area (Å²) in [5.74, 6) is 0.908. The molecule has 2 aromatic rings. The molecule has 172 valence electrons. The molecule has 1 saturated carbocycles. The molecule has 0 atom stereocenters. The van der Waals surface area contributed by atoms with Crippen LogP contribution in [0.2, 0.25) is 5.02 Å². The molecule has 1 aliphatic carbocycles. The van der Waals surface area contributed by atoms with Crippen LogP contribution in [-0.4, -0.2) is 31.1 Å². The number of para-hydroxylation sites is 1. The van der Waals surface area contributed by atoms with Gasteiger partial charge in [0.15, 0.2) is 0 Å². The maximum absolute atomic E-state index is 6.38. The van der Waals surface area contributed by atoms with Crippen molar-refractivity contribution in [2.45, 2.75) is 69.1 Å². The van der Waals surface area contributed by atoms with Crippen LogP contribution < -0.4 is 4.90 Å². The lowest BCUT2D eigenvalue weighted by molar-refractivity contribution is 0.0915. The second-order valence-corrected chi connectivity index (χ2v) is 12.9. The smallest absolute Gasteiger partial charge is 0.0567 e. The van der Waals surface area contributed by atoms with Crippen LogP contribution in [0.5, 0.6) is 0 Å². The Hall–Kier alpha value is -1.16. The van der Waals surface area contributed by atoms with Crippen molar-refractivity contribution in [2.24, 2.45) is 16.7 Å². The molecule has 2 heterocycles. The van der Waals surface area contributed by atoms with E-state index >= 15 is 0 Å². The van der Waals surface area contributed by atoms with E-state index in [9.17, 15) is 0 Å². The van der Waals surface area contributed by atoms with Gasteiger partial charge < -0.3 is 9.80 Å². The molecule has 0 aromatic heterocycles. The fraction of sp³-hybridized carbons (Fsp3) is 0.571. The molecule has 4 heteroatoms. The average Bonchev–Trinajstić information content (AvgIpc) is 3.15. The number of likely N-dealkylation sites (tertiary alicyclic amines) is 1. The third-order valence-electron chi connectivity index (χ3n) is 8.23. The van der Waals surface area contributed by atoms with Gasteiger partial charge in [-0.1, -0.05) is 56.3 Å². The standard InChI is InChI=1S/C28H37ClN2S/c1-27(2,3)21-11-13-28(14-12-21)15-18-30(20-28)16-6-17-31-23-7-4-5-8-25(23)32-26-10-9-22(29)19-24(26)31/h4-5,7-10,19,21H,6,11-18,20H2,1-3H3. The summed E-state index contributed by atoms with van der Waals surface area (Å²) in [4.78, 5) is 7.90. The van der Waals surface area contributed by atoms with Crippen LogP contribution >= 0.6 is 23.4 Å². The maximum atomic E-state index is 6.38. The molecule has 0 N–H and O–H groups in total. The molecular formula is C28H37ClN2S. The van der Waals surface area contributed by atoms with Gasteiger partial charge in [-0.05, 0) is 98.7 Å². The van der Waals surface area contributed by atoms with Crippen molar-refractivity contribution in [3.63, 3.8) is 0 Å². The van der Waals surface area contributed by atoms with Gasteiger partial charge in [0.2, 0.25) is 0 Å². The summed E-state index contributed by atoms with van der Waals surface area (Å²) in [6.45, 7) is 12.1. The Balaban J connectivity index is 1.20. The van der Waals surface area contributed by atoms with Gasteiger partial charge in [-0.2, -0.15) is 0 Å². The lowest BCUT2D eigenvalue weighted by atomic mass is 9.64. The Morgan fingerprint density at radius 1 is 0.969 bits per heavy atom. The first-order chi connectivity index (χ1) is 15.3. The van der Waals surface area contributed by atoms with E-state index in [-0.39, 0.29) is 0 Å². The van der Waals surface area contributed by atoms with Crippen LogP contribution in [0.3, 0.4) is 0 Å². The summed E-state index contributed by atoms with van der Waals surface area (Å²) < 4.78 is 0. The van der Waals surface area contributed by atoms with E-state index in [1.807, 2.05) is 17.8 Å². The fourth-order valence-electron chi connectivity index (χ4n) is 6.22. The van der Waals surface area contributed by atoms with Gasteiger partial charge in [0.25, 0.3) is 0 Å². The second-order valence-electron chi connectivity index (χ2n) is 11.4. The second kappa shape index (κ2) is 8.89. The quantitative estimate of drug-likeness (QED) is 0.445. The molecule has 2 fully saturated rings. The highest BCUT2D eigenvalue weighted by Crippen LogP contribution is 2.50. The molecule has 3 aliphatic rings. The zero-order chi connectivity index (χ0) is 22.3. The van der Waals surface area contributed by atoms with Crippen LogP contribution in [0.25, 0.3) is 0 Å². The van der Waals surface area contributed by atoms with Crippen molar-refractivity contribution in [2.75, 3.05) is 31.1 Å². The minimum atomic E-state index is 0.474. The van der Waals surface area contributed by atoms with Crippen molar-refractivity contribution in [1.82, 2.24) is 4.90 Å². The highest BCUT2D eigenvalue weighted by atomic mass is 35.5. The first-order valence-electron chi connectivity index (χ1n) is 12.4. The van der Waals surface area contributed by atoms with Gasteiger partial charge in [-0.3, -0.25) is 0 Å². The van der Waals surface area contributed by atoms with Crippen LogP contribution in [0.1, 0.15) is 59.3 Å². The van der Waals surface area contributed by atoms with Gasteiger partial charge in [-0.25, -0.2) is 0 Å². The number of anilines is 2. The lowest BCUT2D eigenvalue weighted by Crippen LogP contribution is -2.35. The van der Waals surface area contributed by atoms with Crippen LogP contribution in [-0.2, 0) is 0 Å². The van der Waals surface area contributed by atoms with E-state index in [4.69, 9.17) is 11.6 Å². The summed E-state index contributed by atoms with van der Waals surface area (Å²) in [5.41, 5.74) is 3.67. The van der Waals surface area contributed by atoms with Crippen LogP contribution in [0.4, 0.5) is 11.4 Å². The molecule has 32 heavy (non-hydrogen) atoms. The van der Waals surface area contributed by atoms with Gasteiger partial charge in [0.1, 0.15) is 0 Å². The predicted molar refractivity (Wildman–Crippen MR) is 139 cm³/mol. The summed E-state index contributed by atoms with van der Waals surface area (Å²) in [5, 5.41) is 0.820. The Labute approximate surface area is 203 Å². The third-order valence-corrected chi connectivity index (χ3v) is 9.60. The summed E-state index contributed by atoms with van der Waals surface area (Å²) in [6, 6.07) is 15.1. The van der Waals surface area contributed by atoms with E-state index in [0.29, 0.717) is 10.8 Å². The topological polar surface area (TPSA) is 6.48 Å². The van der Waals surface area contributed by atoms with Crippen molar-refractivity contribution in [3.8, 4) is 0 Å². The van der Waals surface area contributed by atoms with Crippen molar-refractivity contribution >= 4 is 34.7 Å². The van der Waals surface area contributed by atoms with Crippen LogP contribution in [0.15, 0.2) is 52.3 Å². The molecule has 0 bridgehead atoms. The number of fused-ring (bicyclic) bond motifs is 2. The summed E-state index contributed by atoms with van der Waals surface area (Å²) in [6.07, 6.45) is 8.33. The zero-order valence-corrected chi connectivity index (χ0v) is 21.4. The van der Waals surface area contributed by atoms with Crippen molar-refractivity contribution in [3.05, 3.63) is 47.5 Å². The van der Waals surface area contributed by atoms with E-state index in [2.05, 4.69) is 67.0 Å². The van der Waals surface area contributed by atoms with E-state index in [1.165, 1.54) is 79.3 Å². The molecule has 1 spiro atoms. The Kier molecular flexibility index (Phi) is 6.28. The average molecular weight is 469 g/mol. The van der Waals surface area contributed by atoms with Crippen LogP contribution in [0, 0.1) is 16.7 Å². The fourth-order valence-corrected chi connectivity index (χ4v) is 7.46. The van der Waals surface area contributed by atoms with Gasteiger partial charge in [-0.15, -0.1) is 0 Å². The number of hydrogen-bond acceptors (Lipinski definition) is 3. The van der Waals surface area contributed by atoms with Crippen molar-refractivity contribution in [1.29, 1.82) is 0 Å². The highest BCUT2D eigenvalue weighted by molar-refractivity contribution is 7.99. The Morgan fingerprint density at radius 2 is 1.72 bits per heavy atom. The SMILES string of the molecule is CC(C)(C)C1CCC2(CC1)CCN(CCCN1c3ccccc3Sc3ccc(Cl)cc31)C2. The number of halogens is 1. The minimum absolute atomic E-state index is 0.474. The molecular weight excluding hydrogens is 432 g/mol. The third kappa shape index (κ3) is 4.58. The first-order valence-corrected chi connectivity index (χ1v) is 13.6. The monoisotopic (exact) mass is 468 g/mol. The molecule has 0 amide bonds. The molecule has 1 saturated heterocycles. The first kappa shape index (κ1) is 22.6. The number of hydrogen-bond donors (Lipinski definition) is 0. The molecule has 2 nitrogen and oxygen atoms in total. The molecule has 0 radical (unpaired) electrons. The molecule has 5 rings (SSSR count). The molecule has 0 unspecified atom stereocenters. The van der Waals surface area contributed by atoms with Gasteiger partial charge >= 0.3 is 0 Å². The number of benzene rings is 2. The van der Waals surface area contributed by atoms with E-state index in [1.54, 1.807) is 0 Å². The number of nitrogens with zero attached hydrogens (tertiary/aromatic N) is 2. The molecule has 2 aliphatic heterocycles. The summed E-state index contributed by atoms with van der Waals surface area (Å²) >= 11 is 8.24. The summed E-state index contributed by atoms with van der Waals surface area (Å²) in [7, 11) is 0. The van der Waals surface area contributed by atoms with E-state index in [0.717, 1.165) is 17.5 Å². The van der Waals surface area contributed by atoms with Gasteiger partial charge in [0, 0.05) is 27.9 Å². The van der Waals surface area contributed by atoms with Gasteiger partial charge in [0.05, 0.1) is 11.4 Å². The minimum Gasteiger partial charge on any atom is -0.340 e. The Morgan fingerprint density at radius 3 is 2.50 bits per heavy atom. The normalized spacial score (nSPS) is 25.8. The molecule has 2 aromatic carbocycles. The number of rotatable bonds is 4. The Bertz CT molecular complexity index is 958. The maximum Gasteiger partial charge on any atom is 0.0567 e. The lowest BCUT2D eigenvalue weighted by Gasteiger charge is -2.42. The van der Waals surface area contributed by atoms with E-state index < -0.39 is 0 Å².